The number of hydrogen-bond donors (Lipinski definition) is 0. The van der Waals surface area contributed by atoms with Crippen LogP contribution in [0.15, 0.2) is 0 Å². The minimum absolute atomic E-state index is 0.000757. The van der Waals surface area contributed by atoms with Crippen molar-refractivity contribution in [3.8, 4) is 0 Å². The van der Waals surface area contributed by atoms with E-state index >= 15 is 0 Å². The summed E-state index contributed by atoms with van der Waals surface area (Å²) in [6.07, 6.45) is 4.50. The van der Waals surface area contributed by atoms with E-state index in [9.17, 15) is 4.79 Å². The van der Waals surface area contributed by atoms with Crippen molar-refractivity contribution in [2.24, 2.45) is 10.8 Å². The van der Waals surface area contributed by atoms with E-state index in [0.29, 0.717) is 5.91 Å². The van der Waals surface area contributed by atoms with Crippen molar-refractivity contribution in [2.75, 3.05) is 13.1 Å². The van der Waals surface area contributed by atoms with Gasteiger partial charge < -0.3 is 4.90 Å². The Bertz CT molecular complexity index is 242. The second-order valence-electron chi connectivity index (χ2n) is 6.87. The van der Waals surface area contributed by atoms with Gasteiger partial charge in [-0.3, -0.25) is 4.79 Å². The molecule has 0 unspecified atom stereocenters. The molecule has 0 bridgehead atoms. The Balaban J connectivity index is 4.82. The number of amides is 1. The van der Waals surface area contributed by atoms with Gasteiger partial charge in [-0.1, -0.05) is 61.3 Å². The molecule has 2 heteroatoms. The number of carbonyl (C=O) groups excluding carboxylic acids is 1. The second-order valence-corrected chi connectivity index (χ2v) is 6.87. The van der Waals surface area contributed by atoms with Gasteiger partial charge in [0.1, 0.15) is 0 Å². The van der Waals surface area contributed by atoms with Crippen LogP contribution in [0.25, 0.3) is 0 Å². The van der Waals surface area contributed by atoms with Crippen LogP contribution in [0.1, 0.15) is 74.1 Å². The molecule has 0 fully saturated rings. The number of hydrogen-bond acceptors (Lipinski definition) is 1. The Labute approximate surface area is 114 Å². The van der Waals surface area contributed by atoms with Gasteiger partial charge in [0, 0.05) is 18.5 Å². The number of unbranched alkanes of at least 4 members (excludes halogenated alkanes) is 2. The van der Waals surface area contributed by atoms with E-state index in [1.165, 1.54) is 0 Å². The molecule has 0 radical (unpaired) electrons. The zero-order valence-electron chi connectivity index (χ0n) is 13.6. The van der Waals surface area contributed by atoms with Gasteiger partial charge in [-0.25, -0.2) is 0 Å². The van der Waals surface area contributed by atoms with Crippen LogP contribution >= 0.6 is 0 Å². The average molecular weight is 255 g/mol. The van der Waals surface area contributed by atoms with Gasteiger partial charge in [0.05, 0.1) is 0 Å². The molecule has 0 saturated carbocycles. The van der Waals surface area contributed by atoms with Crippen LogP contribution in [-0.2, 0) is 4.79 Å². The summed E-state index contributed by atoms with van der Waals surface area (Å²) in [4.78, 5) is 14.8. The Morgan fingerprint density at radius 2 is 1.28 bits per heavy atom. The van der Waals surface area contributed by atoms with Gasteiger partial charge in [0.2, 0.25) is 5.91 Å². The third kappa shape index (κ3) is 4.62. The molecule has 0 aliphatic heterocycles. The molecule has 18 heavy (non-hydrogen) atoms. The predicted octanol–water partition coefficient (Wildman–Crippen LogP) is 4.49. The van der Waals surface area contributed by atoms with E-state index in [2.05, 4.69) is 53.4 Å². The molecule has 0 aromatic carbocycles. The van der Waals surface area contributed by atoms with Crippen LogP contribution in [0, 0.1) is 10.8 Å². The third-order valence-electron chi connectivity index (χ3n) is 4.26. The lowest BCUT2D eigenvalue weighted by Crippen LogP contribution is -2.48. The predicted molar refractivity (Wildman–Crippen MR) is 79.6 cm³/mol. The van der Waals surface area contributed by atoms with E-state index in [0.717, 1.165) is 38.8 Å². The maximum absolute atomic E-state index is 12.7. The lowest BCUT2D eigenvalue weighted by atomic mass is 9.68. The van der Waals surface area contributed by atoms with Crippen molar-refractivity contribution in [2.45, 2.75) is 74.1 Å². The molecular weight excluding hydrogens is 222 g/mol. The molecule has 0 heterocycles. The van der Waals surface area contributed by atoms with E-state index in [1.807, 2.05) is 0 Å². The Morgan fingerprint density at radius 1 is 0.889 bits per heavy atom. The van der Waals surface area contributed by atoms with Crippen molar-refractivity contribution in [1.82, 2.24) is 4.90 Å². The van der Waals surface area contributed by atoms with E-state index in [-0.39, 0.29) is 10.8 Å². The first-order valence-electron chi connectivity index (χ1n) is 7.47. The van der Waals surface area contributed by atoms with Gasteiger partial charge in [-0.2, -0.15) is 0 Å². The van der Waals surface area contributed by atoms with Crippen LogP contribution in [0.4, 0.5) is 0 Å². The van der Waals surface area contributed by atoms with Gasteiger partial charge >= 0.3 is 0 Å². The molecule has 0 aliphatic carbocycles. The fourth-order valence-electron chi connectivity index (χ4n) is 1.73. The molecule has 0 saturated heterocycles. The Morgan fingerprint density at radius 3 is 1.56 bits per heavy atom. The topological polar surface area (TPSA) is 20.3 Å². The quantitative estimate of drug-likeness (QED) is 0.656. The van der Waals surface area contributed by atoms with Gasteiger partial charge in [-0.05, 0) is 18.3 Å². The molecule has 1 amide bonds. The van der Waals surface area contributed by atoms with Gasteiger partial charge in [-0.15, -0.1) is 0 Å². The SMILES string of the molecule is CCCCN(CCCC)C(=O)C(C)(C)C(C)(C)C. The number of carbonyl (C=O) groups is 1. The summed E-state index contributed by atoms with van der Waals surface area (Å²) in [5.41, 5.74) is -0.296. The highest BCUT2D eigenvalue weighted by Crippen LogP contribution is 2.39. The molecule has 0 aromatic heterocycles. The Hall–Kier alpha value is -0.530. The lowest BCUT2D eigenvalue weighted by Gasteiger charge is -2.41. The van der Waals surface area contributed by atoms with Crippen molar-refractivity contribution in [1.29, 1.82) is 0 Å². The number of rotatable bonds is 7. The third-order valence-corrected chi connectivity index (χ3v) is 4.26. The summed E-state index contributed by atoms with van der Waals surface area (Å²) in [6.45, 7) is 16.8. The van der Waals surface area contributed by atoms with Crippen LogP contribution < -0.4 is 0 Å². The molecular formula is C16H33NO. The smallest absolute Gasteiger partial charge is 0.228 e. The maximum Gasteiger partial charge on any atom is 0.228 e. The van der Waals surface area contributed by atoms with Crippen LogP contribution in [0.2, 0.25) is 0 Å². The maximum atomic E-state index is 12.7. The molecule has 2 nitrogen and oxygen atoms in total. The molecule has 0 aromatic rings. The highest BCUT2D eigenvalue weighted by Gasteiger charge is 2.41. The van der Waals surface area contributed by atoms with Gasteiger partial charge in [0.15, 0.2) is 0 Å². The molecule has 0 rings (SSSR count). The summed E-state index contributed by atoms with van der Waals surface area (Å²) in [6, 6.07) is 0. The average Bonchev–Trinajstić information content (AvgIpc) is 2.27. The standard InChI is InChI=1S/C16H33NO/c1-8-10-12-17(13-11-9-2)14(18)16(6,7)15(3,4)5/h8-13H2,1-7H3. The Kier molecular flexibility index (Phi) is 6.94. The van der Waals surface area contributed by atoms with Gasteiger partial charge in [0.25, 0.3) is 0 Å². The fraction of sp³-hybridized carbons (Fsp3) is 0.938. The first-order valence-corrected chi connectivity index (χ1v) is 7.47. The van der Waals surface area contributed by atoms with E-state index in [1.54, 1.807) is 0 Å². The fourth-order valence-corrected chi connectivity index (χ4v) is 1.73. The largest absolute Gasteiger partial charge is 0.342 e. The normalized spacial score (nSPS) is 12.6. The zero-order chi connectivity index (χ0) is 14.4. The minimum atomic E-state index is -0.297. The summed E-state index contributed by atoms with van der Waals surface area (Å²) < 4.78 is 0. The lowest BCUT2D eigenvalue weighted by molar-refractivity contribution is -0.146. The number of nitrogens with zero attached hydrogens (tertiary/aromatic N) is 1. The molecule has 0 N–H and O–H groups in total. The highest BCUT2D eigenvalue weighted by atomic mass is 16.2. The summed E-state index contributed by atoms with van der Waals surface area (Å²) in [5.74, 6) is 0.317. The van der Waals surface area contributed by atoms with Crippen LogP contribution in [0.3, 0.4) is 0 Å². The van der Waals surface area contributed by atoms with Crippen LogP contribution in [0.5, 0.6) is 0 Å². The molecule has 0 atom stereocenters. The van der Waals surface area contributed by atoms with Crippen molar-refractivity contribution in [3.05, 3.63) is 0 Å². The summed E-state index contributed by atoms with van der Waals surface area (Å²) in [5, 5.41) is 0. The molecule has 0 spiro atoms. The summed E-state index contributed by atoms with van der Waals surface area (Å²) in [7, 11) is 0. The monoisotopic (exact) mass is 255 g/mol. The highest BCUT2D eigenvalue weighted by molar-refractivity contribution is 5.82. The van der Waals surface area contributed by atoms with Crippen LogP contribution in [-0.4, -0.2) is 23.9 Å². The van der Waals surface area contributed by atoms with E-state index < -0.39 is 0 Å². The first kappa shape index (κ1) is 17.5. The second kappa shape index (κ2) is 7.16. The molecule has 108 valence electrons. The zero-order valence-corrected chi connectivity index (χ0v) is 13.6. The van der Waals surface area contributed by atoms with Crippen molar-refractivity contribution < 1.29 is 4.79 Å². The van der Waals surface area contributed by atoms with E-state index in [4.69, 9.17) is 0 Å². The first-order chi connectivity index (χ1) is 8.18. The van der Waals surface area contributed by atoms with Crippen molar-refractivity contribution >= 4 is 5.91 Å². The van der Waals surface area contributed by atoms with Crippen molar-refractivity contribution in [3.63, 3.8) is 0 Å². The molecule has 0 aliphatic rings. The minimum Gasteiger partial charge on any atom is -0.342 e. The summed E-state index contributed by atoms with van der Waals surface area (Å²) >= 11 is 0.